The van der Waals surface area contributed by atoms with Crippen molar-refractivity contribution in [3.8, 4) is 0 Å². The van der Waals surface area contributed by atoms with Crippen molar-refractivity contribution in [1.29, 1.82) is 0 Å². The van der Waals surface area contributed by atoms with E-state index in [4.69, 9.17) is 4.84 Å². The predicted octanol–water partition coefficient (Wildman–Crippen LogP) is 3.72. The van der Waals surface area contributed by atoms with Gasteiger partial charge >= 0.3 is 5.97 Å². The molecule has 0 N–H and O–H groups in total. The molecule has 3 rings (SSSR count). The van der Waals surface area contributed by atoms with Crippen molar-refractivity contribution in [2.75, 3.05) is 18.0 Å². The van der Waals surface area contributed by atoms with Gasteiger partial charge in [0.1, 0.15) is 0 Å². The molecule has 26 heavy (non-hydrogen) atoms. The van der Waals surface area contributed by atoms with Gasteiger partial charge in [0.05, 0.1) is 16.2 Å². The zero-order valence-corrected chi connectivity index (χ0v) is 14.4. The first-order chi connectivity index (χ1) is 12.5. The van der Waals surface area contributed by atoms with E-state index in [9.17, 15) is 14.9 Å². The van der Waals surface area contributed by atoms with Crippen LogP contribution >= 0.6 is 0 Å². The van der Waals surface area contributed by atoms with Crippen molar-refractivity contribution in [1.82, 2.24) is 0 Å². The van der Waals surface area contributed by atoms with Crippen LogP contribution in [0.2, 0.25) is 0 Å². The molecule has 0 amide bonds. The first-order valence-corrected chi connectivity index (χ1v) is 8.36. The molecule has 0 unspecified atom stereocenters. The number of nitrogens with zero attached hydrogens (tertiary/aromatic N) is 3. The number of oxime groups is 1. The second-order valence-corrected chi connectivity index (χ2v) is 6.16. The molecule has 1 aliphatic heterocycles. The molecule has 2 aromatic rings. The lowest BCUT2D eigenvalue weighted by Gasteiger charge is -2.29. The molecular formula is C19H19N3O4. The van der Waals surface area contributed by atoms with Crippen molar-refractivity contribution in [3.63, 3.8) is 0 Å². The zero-order valence-electron chi connectivity index (χ0n) is 14.4. The lowest BCUT2D eigenvalue weighted by atomic mass is 10.1. The summed E-state index contributed by atoms with van der Waals surface area (Å²) in [5.74, 6) is -0.463. The third kappa shape index (κ3) is 4.24. The van der Waals surface area contributed by atoms with Gasteiger partial charge in [-0.1, -0.05) is 22.9 Å². The van der Waals surface area contributed by atoms with Gasteiger partial charge in [-0.15, -0.1) is 0 Å². The maximum atomic E-state index is 12.0. The number of aryl methyl sites for hydroxylation is 1. The van der Waals surface area contributed by atoms with E-state index in [0.29, 0.717) is 18.4 Å². The molecule has 0 atom stereocenters. The van der Waals surface area contributed by atoms with Crippen molar-refractivity contribution < 1.29 is 14.6 Å². The number of nitro benzene ring substituents is 1. The first kappa shape index (κ1) is 17.6. The van der Waals surface area contributed by atoms with E-state index in [1.807, 2.05) is 19.1 Å². The van der Waals surface area contributed by atoms with E-state index in [0.717, 1.165) is 30.1 Å². The SMILES string of the molecule is Cc1ccc(C(=O)ON=C2CCN(c3ccc([N+](=O)[O-])cc3)CC2)cc1. The van der Waals surface area contributed by atoms with Crippen molar-refractivity contribution in [2.45, 2.75) is 19.8 Å². The summed E-state index contributed by atoms with van der Waals surface area (Å²) in [6.07, 6.45) is 1.36. The average molecular weight is 353 g/mol. The molecule has 1 saturated heterocycles. The minimum absolute atomic E-state index is 0.0797. The summed E-state index contributed by atoms with van der Waals surface area (Å²) >= 11 is 0. The monoisotopic (exact) mass is 353 g/mol. The Labute approximate surface area is 151 Å². The van der Waals surface area contributed by atoms with Crippen molar-refractivity contribution in [2.24, 2.45) is 5.16 Å². The number of rotatable bonds is 4. The number of piperidine rings is 1. The Kier molecular flexibility index (Phi) is 5.26. The summed E-state index contributed by atoms with van der Waals surface area (Å²) < 4.78 is 0. The van der Waals surface area contributed by atoms with Crippen LogP contribution in [0.4, 0.5) is 11.4 Å². The Bertz CT molecular complexity index is 819. The molecule has 0 bridgehead atoms. The molecule has 0 spiro atoms. The van der Waals surface area contributed by atoms with Gasteiger partial charge in [-0.3, -0.25) is 10.1 Å². The molecular weight excluding hydrogens is 334 g/mol. The number of carbonyl (C=O) groups excluding carboxylic acids is 1. The van der Waals surface area contributed by atoms with E-state index in [1.165, 1.54) is 12.1 Å². The van der Waals surface area contributed by atoms with E-state index in [1.54, 1.807) is 24.3 Å². The quantitative estimate of drug-likeness (QED) is 0.475. The van der Waals surface area contributed by atoms with Crippen LogP contribution in [-0.4, -0.2) is 29.7 Å². The molecule has 0 saturated carbocycles. The highest BCUT2D eigenvalue weighted by atomic mass is 16.7. The number of anilines is 1. The molecule has 134 valence electrons. The Balaban J connectivity index is 1.54. The van der Waals surface area contributed by atoms with Gasteiger partial charge in [-0.2, -0.15) is 0 Å². The largest absolute Gasteiger partial charge is 0.371 e. The number of nitro groups is 1. The fraction of sp³-hybridized carbons (Fsp3) is 0.263. The molecule has 2 aromatic carbocycles. The first-order valence-electron chi connectivity index (χ1n) is 8.36. The fourth-order valence-electron chi connectivity index (χ4n) is 2.75. The summed E-state index contributed by atoms with van der Waals surface area (Å²) in [7, 11) is 0. The molecule has 0 aromatic heterocycles. The van der Waals surface area contributed by atoms with Crippen LogP contribution in [0.5, 0.6) is 0 Å². The maximum Gasteiger partial charge on any atom is 0.365 e. The van der Waals surface area contributed by atoms with Crippen LogP contribution in [0.3, 0.4) is 0 Å². The molecule has 0 radical (unpaired) electrons. The van der Waals surface area contributed by atoms with E-state index in [2.05, 4.69) is 10.1 Å². The van der Waals surface area contributed by atoms with Gasteiger partial charge in [-0.05, 0) is 31.2 Å². The lowest BCUT2D eigenvalue weighted by molar-refractivity contribution is -0.384. The van der Waals surface area contributed by atoms with E-state index in [-0.39, 0.29) is 5.69 Å². The van der Waals surface area contributed by atoms with Gasteiger partial charge in [0, 0.05) is 43.8 Å². The fourth-order valence-corrected chi connectivity index (χ4v) is 2.75. The van der Waals surface area contributed by atoms with Crippen molar-refractivity contribution >= 4 is 23.1 Å². The third-order valence-electron chi connectivity index (χ3n) is 4.31. The standard InChI is InChI=1S/C19H19N3O4/c1-14-2-4-15(5-3-14)19(23)26-20-16-10-12-21(13-11-16)17-6-8-18(9-7-17)22(24)25/h2-9H,10-13H2,1H3. The number of non-ortho nitro benzene ring substituents is 1. The second kappa shape index (κ2) is 7.77. The second-order valence-electron chi connectivity index (χ2n) is 6.16. The Hall–Kier alpha value is -3.22. The molecule has 1 fully saturated rings. The summed E-state index contributed by atoms with van der Waals surface area (Å²) in [4.78, 5) is 29.5. The van der Waals surface area contributed by atoms with Gasteiger partial charge in [0.25, 0.3) is 5.69 Å². The molecule has 7 heteroatoms. The van der Waals surface area contributed by atoms with Crippen LogP contribution in [0.1, 0.15) is 28.8 Å². The van der Waals surface area contributed by atoms with Gasteiger partial charge < -0.3 is 9.74 Å². The number of hydrogen-bond donors (Lipinski definition) is 0. The number of benzene rings is 2. The predicted molar refractivity (Wildman–Crippen MR) is 98.6 cm³/mol. The van der Waals surface area contributed by atoms with Crippen LogP contribution in [0, 0.1) is 17.0 Å². The van der Waals surface area contributed by atoms with Crippen LogP contribution in [-0.2, 0) is 4.84 Å². The summed E-state index contributed by atoms with van der Waals surface area (Å²) in [6, 6.07) is 13.6. The highest BCUT2D eigenvalue weighted by Crippen LogP contribution is 2.22. The van der Waals surface area contributed by atoms with Gasteiger partial charge in [-0.25, -0.2) is 4.79 Å². The van der Waals surface area contributed by atoms with Gasteiger partial charge in [0.15, 0.2) is 0 Å². The van der Waals surface area contributed by atoms with Crippen molar-refractivity contribution in [3.05, 3.63) is 69.8 Å². The summed E-state index contributed by atoms with van der Waals surface area (Å²) in [5, 5.41) is 14.7. The molecule has 0 aliphatic carbocycles. The molecule has 1 aliphatic rings. The highest BCUT2D eigenvalue weighted by molar-refractivity contribution is 5.91. The Morgan fingerprint density at radius 1 is 1.08 bits per heavy atom. The van der Waals surface area contributed by atoms with E-state index < -0.39 is 10.9 Å². The minimum atomic E-state index is -0.463. The Morgan fingerprint density at radius 3 is 2.27 bits per heavy atom. The summed E-state index contributed by atoms with van der Waals surface area (Å²) in [5.41, 5.74) is 3.40. The number of carbonyl (C=O) groups is 1. The van der Waals surface area contributed by atoms with Crippen LogP contribution in [0.15, 0.2) is 53.7 Å². The normalized spacial score (nSPS) is 14.0. The summed E-state index contributed by atoms with van der Waals surface area (Å²) in [6.45, 7) is 3.39. The average Bonchev–Trinajstić information content (AvgIpc) is 2.67. The maximum absolute atomic E-state index is 12.0. The molecule has 1 heterocycles. The third-order valence-corrected chi connectivity index (χ3v) is 4.31. The van der Waals surface area contributed by atoms with Crippen LogP contribution < -0.4 is 4.90 Å². The Morgan fingerprint density at radius 2 is 1.69 bits per heavy atom. The highest BCUT2D eigenvalue weighted by Gasteiger charge is 2.17. The molecule has 7 nitrogen and oxygen atoms in total. The number of hydrogen-bond acceptors (Lipinski definition) is 6. The minimum Gasteiger partial charge on any atom is -0.371 e. The lowest BCUT2D eigenvalue weighted by Crippen LogP contribution is -2.33. The smallest absolute Gasteiger partial charge is 0.365 e. The van der Waals surface area contributed by atoms with Crippen LogP contribution in [0.25, 0.3) is 0 Å². The van der Waals surface area contributed by atoms with Gasteiger partial charge in [0.2, 0.25) is 0 Å². The van der Waals surface area contributed by atoms with E-state index >= 15 is 0 Å². The topological polar surface area (TPSA) is 85.0 Å². The zero-order chi connectivity index (χ0) is 18.5.